The Morgan fingerprint density at radius 1 is 1.31 bits per heavy atom. The van der Waals surface area contributed by atoms with Crippen molar-refractivity contribution in [3.8, 4) is 0 Å². The van der Waals surface area contributed by atoms with Crippen LogP contribution in [0.1, 0.15) is 17.0 Å². The summed E-state index contributed by atoms with van der Waals surface area (Å²) in [6, 6.07) is 6.49. The fraction of sp³-hybridized carbons (Fsp3) is 0.273. The van der Waals surface area contributed by atoms with E-state index in [9.17, 15) is 0 Å². The molecule has 0 saturated carbocycles. The standard InChI is InChI=1S/C11H14N4O/c1-7-3-4-8(2)9(5-7)13-11-15-14-10(6-12)16-11/h3-5H,6,12H2,1-2H3,(H,13,15). The lowest BCUT2D eigenvalue weighted by Crippen LogP contribution is -1.95. The molecule has 0 saturated heterocycles. The van der Waals surface area contributed by atoms with E-state index < -0.39 is 0 Å². The Kier molecular flexibility index (Phi) is 2.87. The van der Waals surface area contributed by atoms with Crippen molar-refractivity contribution in [3.63, 3.8) is 0 Å². The lowest BCUT2D eigenvalue weighted by molar-refractivity contribution is 0.511. The summed E-state index contributed by atoms with van der Waals surface area (Å²) >= 11 is 0. The molecule has 0 amide bonds. The number of benzene rings is 1. The highest BCUT2D eigenvalue weighted by molar-refractivity contribution is 5.58. The second kappa shape index (κ2) is 4.32. The highest BCUT2D eigenvalue weighted by Crippen LogP contribution is 2.20. The molecule has 0 fully saturated rings. The number of hydrogen-bond donors (Lipinski definition) is 2. The molecule has 0 bridgehead atoms. The van der Waals surface area contributed by atoms with Crippen LogP contribution in [0.15, 0.2) is 22.6 Å². The van der Waals surface area contributed by atoms with Crippen LogP contribution in [-0.4, -0.2) is 10.2 Å². The summed E-state index contributed by atoms with van der Waals surface area (Å²) in [5.41, 5.74) is 8.65. The average molecular weight is 218 g/mol. The molecular weight excluding hydrogens is 204 g/mol. The van der Waals surface area contributed by atoms with E-state index in [-0.39, 0.29) is 6.54 Å². The van der Waals surface area contributed by atoms with Crippen molar-refractivity contribution in [2.45, 2.75) is 20.4 Å². The number of nitrogens with zero attached hydrogens (tertiary/aromatic N) is 2. The Bertz CT molecular complexity index is 492. The minimum absolute atomic E-state index is 0.251. The lowest BCUT2D eigenvalue weighted by Gasteiger charge is -2.06. The van der Waals surface area contributed by atoms with Crippen LogP contribution in [-0.2, 0) is 6.54 Å². The molecule has 1 aromatic heterocycles. The molecule has 5 heteroatoms. The Labute approximate surface area is 93.7 Å². The molecule has 84 valence electrons. The van der Waals surface area contributed by atoms with Crippen LogP contribution in [0, 0.1) is 13.8 Å². The minimum Gasteiger partial charge on any atom is -0.406 e. The molecule has 1 heterocycles. The Balaban J connectivity index is 2.22. The SMILES string of the molecule is Cc1ccc(C)c(Nc2nnc(CN)o2)c1. The molecule has 1 aromatic carbocycles. The number of rotatable bonds is 3. The second-order valence-electron chi connectivity index (χ2n) is 3.65. The quantitative estimate of drug-likeness (QED) is 0.822. The van der Waals surface area contributed by atoms with E-state index in [0.29, 0.717) is 11.9 Å². The van der Waals surface area contributed by atoms with E-state index in [0.717, 1.165) is 11.3 Å². The van der Waals surface area contributed by atoms with E-state index in [1.54, 1.807) is 0 Å². The van der Waals surface area contributed by atoms with Crippen molar-refractivity contribution in [2.75, 3.05) is 5.32 Å². The van der Waals surface area contributed by atoms with Gasteiger partial charge in [0.15, 0.2) is 0 Å². The maximum absolute atomic E-state index is 5.39. The third-order valence-corrected chi connectivity index (χ3v) is 2.28. The van der Waals surface area contributed by atoms with E-state index in [1.165, 1.54) is 5.56 Å². The van der Waals surface area contributed by atoms with Crippen molar-refractivity contribution < 1.29 is 4.42 Å². The number of anilines is 2. The predicted octanol–water partition coefficient (Wildman–Crippen LogP) is 1.89. The zero-order valence-corrected chi connectivity index (χ0v) is 9.32. The van der Waals surface area contributed by atoms with Crippen LogP contribution in [0.25, 0.3) is 0 Å². The van der Waals surface area contributed by atoms with E-state index in [4.69, 9.17) is 10.2 Å². The van der Waals surface area contributed by atoms with Crippen molar-refractivity contribution in [1.82, 2.24) is 10.2 Å². The monoisotopic (exact) mass is 218 g/mol. The molecule has 2 rings (SSSR count). The van der Waals surface area contributed by atoms with Crippen LogP contribution >= 0.6 is 0 Å². The maximum Gasteiger partial charge on any atom is 0.320 e. The van der Waals surface area contributed by atoms with Crippen molar-refractivity contribution in [1.29, 1.82) is 0 Å². The van der Waals surface area contributed by atoms with E-state index >= 15 is 0 Å². The largest absolute Gasteiger partial charge is 0.406 e. The van der Waals surface area contributed by atoms with Gasteiger partial charge < -0.3 is 15.5 Å². The van der Waals surface area contributed by atoms with Crippen LogP contribution in [0.3, 0.4) is 0 Å². The molecule has 5 nitrogen and oxygen atoms in total. The van der Waals surface area contributed by atoms with Gasteiger partial charge >= 0.3 is 6.01 Å². The van der Waals surface area contributed by atoms with E-state index in [1.807, 2.05) is 26.0 Å². The fourth-order valence-corrected chi connectivity index (χ4v) is 1.37. The summed E-state index contributed by atoms with van der Waals surface area (Å²) in [6.07, 6.45) is 0. The summed E-state index contributed by atoms with van der Waals surface area (Å²) in [7, 11) is 0. The van der Waals surface area contributed by atoms with Gasteiger partial charge in [0.05, 0.1) is 6.54 Å². The third-order valence-electron chi connectivity index (χ3n) is 2.28. The molecule has 0 unspecified atom stereocenters. The van der Waals surface area contributed by atoms with Gasteiger partial charge in [0.1, 0.15) is 0 Å². The molecular formula is C11H14N4O. The first-order chi connectivity index (χ1) is 7.69. The molecule has 0 spiro atoms. The molecule has 0 aliphatic heterocycles. The van der Waals surface area contributed by atoms with Gasteiger partial charge in [-0.25, -0.2) is 0 Å². The smallest absolute Gasteiger partial charge is 0.320 e. The molecule has 0 atom stereocenters. The fourth-order valence-electron chi connectivity index (χ4n) is 1.37. The Morgan fingerprint density at radius 2 is 2.12 bits per heavy atom. The highest BCUT2D eigenvalue weighted by atomic mass is 16.4. The number of nitrogens with two attached hydrogens (primary N) is 1. The van der Waals surface area contributed by atoms with Gasteiger partial charge in [-0.1, -0.05) is 17.2 Å². The molecule has 2 aromatic rings. The number of nitrogens with one attached hydrogen (secondary N) is 1. The topological polar surface area (TPSA) is 77.0 Å². The van der Waals surface area contributed by atoms with Gasteiger partial charge in [0, 0.05) is 5.69 Å². The predicted molar refractivity (Wildman–Crippen MR) is 61.4 cm³/mol. The molecule has 16 heavy (non-hydrogen) atoms. The highest BCUT2D eigenvalue weighted by Gasteiger charge is 2.06. The first-order valence-electron chi connectivity index (χ1n) is 5.06. The zero-order chi connectivity index (χ0) is 11.5. The van der Waals surface area contributed by atoms with Crippen LogP contribution in [0.4, 0.5) is 11.7 Å². The summed E-state index contributed by atoms with van der Waals surface area (Å²) in [5, 5.41) is 10.7. The number of hydrogen-bond acceptors (Lipinski definition) is 5. The van der Waals surface area contributed by atoms with Crippen LogP contribution in [0.5, 0.6) is 0 Å². The molecule has 0 aliphatic carbocycles. The van der Waals surface area contributed by atoms with Gasteiger partial charge in [-0.3, -0.25) is 0 Å². The first kappa shape index (κ1) is 10.6. The van der Waals surface area contributed by atoms with Crippen molar-refractivity contribution >= 4 is 11.7 Å². The van der Waals surface area contributed by atoms with Crippen LogP contribution in [0.2, 0.25) is 0 Å². The normalized spacial score (nSPS) is 10.4. The van der Waals surface area contributed by atoms with Gasteiger partial charge in [-0.15, -0.1) is 5.10 Å². The van der Waals surface area contributed by atoms with Gasteiger partial charge in [0.2, 0.25) is 5.89 Å². The second-order valence-corrected chi connectivity index (χ2v) is 3.65. The zero-order valence-electron chi connectivity index (χ0n) is 9.32. The first-order valence-corrected chi connectivity index (χ1v) is 5.06. The maximum atomic E-state index is 5.39. The summed E-state index contributed by atoms with van der Waals surface area (Å²) in [6.45, 7) is 4.30. The minimum atomic E-state index is 0.251. The van der Waals surface area contributed by atoms with Crippen LogP contribution < -0.4 is 11.1 Å². The summed E-state index contributed by atoms with van der Waals surface area (Å²) in [4.78, 5) is 0. The van der Waals surface area contributed by atoms with Gasteiger partial charge in [0.25, 0.3) is 0 Å². The number of aryl methyl sites for hydroxylation is 2. The summed E-state index contributed by atoms with van der Waals surface area (Å²) in [5.74, 6) is 0.424. The lowest BCUT2D eigenvalue weighted by atomic mass is 10.1. The Hall–Kier alpha value is -1.88. The van der Waals surface area contributed by atoms with Gasteiger partial charge in [-0.2, -0.15) is 0 Å². The molecule has 0 aliphatic rings. The van der Waals surface area contributed by atoms with Crippen molar-refractivity contribution in [2.24, 2.45) is 5.73 Å². The van der Waals surface area contributed by atoms with E-state index in [2.05, 4.69) is 21.6 Å². The summed E-state index contributed by atoms with van der Waals surface area (Å²) < 4.78 is 5.27. The third kappa shape index (κ3) is 2.20. The van der Waals surface area contributed by atoms with Crippen molar-refractivity contribution in [3.05, 3.63) is 35.2 Å². The molecule has 3 N–H and O–H groups in total. The molecule has 0 radical (unpaired) electrons. The van der Waals surface area contributed by atoms with Gasteiger partial charge in [-0.05, 0) is 31.0 Å². The average Bonchev–Trinajstić information content (AvgIpc) is 2.71. The Morgan fingerprint density at radius 3 is 2.81 bits per heavy atom. The number of aromatic nitrogens is 2.